The second kappa shape index (κ2) is 62.1. The smallest absolute Gasteiger partial charge is 0.306 e. The molecule has 0 aromatic rings. The van der Waals surface area contributed by atoms with Gasteiger partial charge >= 0.3 is 11.9 Å². The first kappa shape index (κ1) is 68.8. The third kappa shape index (κ3) is 59.4. The molecule has 0 heterocycles. The first-order valence-electron chi connectivity index (χ1n) is 30.8. The number of unbranched alkanes of at least 4 members (excludes halogenated alkanes) is 29. The summed E-state index contributed by atoms with van der Waals surface area (Å²) in [4.78, 5) is 25.6. The lowest BCUT2D eigenvalue weighted by Crippen LogP contribution is -2.30. The average Bonchev–Trinajstić information content (AvgIpc) is 3.38. The van der Waals surface area contributed by atoms with Crippen molar-refractivity contribution in [3.8, 4) is 0 Å². The van der Waals surface area contributed by atoms with Gasteiger partial charge in [0, 0.05) is 19.4 Å². The number of carbonyl (C=O) groups excluding carboxylic acids is 2. The Hall–Kier alpha value is -3.18. The van der Waals surface area contributed by atoms with Gasteiger partial charge in [-0.1, -0.05) is 259 Å². The van der Waals surface area contributed by atoms with Crippen LogP contribution in [0.3, 0.4) is 0 Å². The van der Waals surface area contributed by atoms with E-state index in [-0.39, 0.29) is 25.2 Å². The van der Waals surface area contributed by atoms with E-state index >= 15 is 0 Å². The number of ether oxygens (including phenoxy) is 3. The molecule has 5 nitrogen and oxygen atoms in total. The van der Waals surface area contributed by atoms with Gasteiger partial charge in [-0.15, -0.1) is 0 Å². The van der Waals surface area contributed by atoms with Crippen LogP contribution in [0.5, 0.6) is 0 Å². The Balaban J connectivity index is 4.32. The Morgan fingerprint density at radius 2 is 0.625 bits per heavy atom. The van der Waals surface area contributed by atoms with Crippen LogP contribution in [0, 0.1) is 0 Å². The van der Waals surface area contributed by atoms with Crippen LogP contribution in [0.1, 0.15) is 290 Å². The van der Waals surface area contributed by atoms with Gasteiger partial charge in [0.1, 0.15) is 6.61 Å². The highest BCUT2D eigenvalue weighted by Gasteiger charge is 2.17. The van der Waals surface area contributed by atoms with Crippen molar-refractivity contribution >= 4 is 11.9 Å². The highest BCUT2D eigenvalue weighted by molar-refractivity contribution is 5.70. The number of hydrogen-bond acceptors (Lipinski definition) is 5. The van der Waals surface area contributed by atoms with E-state index in [2.05, 4.69) is 118 Å². The number of carbonyl (C=O) groups is 2. The molecule has 1 atom stereocenters. The molecule has 0 aromatic carbocycles. The zero-order chi connectivity index (χ0) is 52.0. The van der Waals surface area contributed by atoms with Gasteiger partial charge in [0.2, 0.25) is 0 Å². The second-order valence-corrected chi connectivity index (χ2v) is 20.2. The summed E-state index contributed by atoms with van der Waals surface area (Å²) in [6, 6.07) is 0. The molecular weight excluding hydrogens is 885 g/mol. The average molecular weight is 1000 g/mol. The minimum Gasteiger partial charge on any atom is -0.462 e. The molecule has 0 N–H and O–H groups in total. The molecule has 0 rings (SSSR count). The summed E-state index contributed by atoms with van der Waals surface area (Å²) in [5, 5.41) is 0. The lowest BCUT2D eigenvalue weighted by Gasteiger charge is -2.18. The van der Waals surface area contributed by atoms with Crippen LogP contribution in [0.2, 0.25) is 0 Å². The molecule has 0 aliphatic heterocycles. The van der Waals surface area contributed by atoms with Crippen molar-refractivity contribution in [1.82, 2.24) is 0 Å². The fraction of sp³-hybridized carbons (Fsp3) is 0.731. The Morgan fingerprint density at radius 1 is 0.319 bits per heavy atom. The van der Waals surface area contributed by atoms with Crippen molar-refractivity contribution in [1.29, 1.82) is 0 Å². The van der Waals surface area contributed by atoms with Crippen LogP contribution in [-0.4, -0.2) is 37.9 Å². The van der Waals surface area contributed by atoms with Crippen molar-refractivity contribution in [2.75, 3.05) is 19.8 Å². The normalized spacial score (nSPS) is 12.9. The Morgan fingerprint density at radius 3 is 1.01 bits per heavy atom. The van der Waals surface area contributed by atoms with Gasteiger partial charge < -0.3 is 14.2 Å². The molecule has 0 aliphatic carbocycles. The monoisotopic (exact) mass is 1000 g/mol. The van der Waals surface area contributed by atoms with Crippen LogP contribution < -0.4 is 0 Å². The van der Waals surface area contributed by atoms with Crippen LogP contribution in [0.4, 0.5) is 0 Å². The van der Waals surface area contributed by atoms with E-state index < -0.39 is 6.10 Å². The van der Waals surface area contributed by atoms with E-state index in [4.69, 9.17) is 14.2 Å². The first-order chi connectivity index (χ1) is 35.6. The van der Waals surface area contributed by atoms with E-state index in [9.17, 15) is 9.59 Å². The van der Waals surface area contributed by atoms with E-state index in [1.165, 1.54) is 161 Å². The van der Waals surface area contributed by atoms with E-state index in [1.54, 1.807) is 0 Å². The fourth-order valence-corrected chi connectivity index (χ4v) is 8.57. The topological polar surface area (TPSA) is 61.8 Å². The van der Waals surface area contributed by atoms with Crippen LogP contribution in [-0.2, 0) is 23.8 Å². The Bertz CT molecular complexity index is 1360. The maximum Gasteiger partial charge on any atom is 0.306 e. The number of rotatable bonds is 56. The molecular formula is C67H116O5. The van der Waals surface area contributed by atoms with Crippen LogP contribution in [0.15, 0.2) is 97.2 Å². The van der Waals surface area contributed by atoms with Crippen molar-refractivity contribution < 1.29 is 23.8 Å². The Kier molecular flexibility index (Phi) is 59.4. The molecule has 0 aromatic heterocycles. The van der Waals surface area contributed by atoms with Crippen LogP contribution >= 0.6 is 0 Å². The maximum atomic E-state index is 12.9. The SMILES string of the molecule is CC/C=C\C/C=C\C/C=C\C/C=C\CCCCCCCCCOCC(COC(=O)CCCCCCCCCCC/C=C\CCCCCCCC)OC(=O)CCCCCCCCC/C=C\C/C=C\C/C=C\CC. The van der Waals surface area contributed by atoms with Crippen molar-refractivity contribution in [2.45, 2.75) is 297 Å². The molecule has 0 bridgehead atoms. The summed E-state index contributed by atoms with van der Waals surface area (Å²) >= 11 is 0. The Labute approximate surface area is 447 Å². The highest BCUT2D eigenvalue weighted by atomic mass is 16.6. The summed E-state index contributed by atoms with van der Waals surface area (Å²) in [6.07, 6.45) is 84.4. The molecule has 0 amide bonds. The van der Waals surface area contributed by atoms with Crippen molar-refractivity contribution in [3.05, 3.63) is 97.2 Å². The summed E-state index contributed by atoms with van der Waals surface area (Å²) in [6.45, 7) is 7.59. The second-order valence-electron chi connectivity index (χ2n) is 20.2. The zero-order valence-corrected chi connectivity index (χ0v) is 47.7. The largest absolute Gasteiger partial charge is 0.462 e. The first-order valence-corrected chi connectivity index (χ1v) is 30.8. The van der Waals surface area contributed by atoms with E-state index in [1.807, 2.05) is 0 Å². The summed E-state index contributed by atoms with van der Waals surface area (Å²) in [5.74, 6) is -0.411. The lowest BCUT2D eigenvalue weighted by atomic mass is 10.1. The molecule has 5 heteroatoms. The summed E-state index contributed by atoms with van der Waals surface area (Å²) in [7, 11) is 0. The predicted octanol–water partition coefficient (Wildman–Crippen LogP) is 21.4. The number of esters is 2. The van der Waals surface area contributed by atoms with Crippen molar-refractivity contribution in [3.63, 3.8) is 0 Å². The minimum absolute atomic E-state index is 0.0724. The predicted molar refractivity (Wildman–Crippen MR) is 316 cm³/mol. The fourth-order valence-electron chi connectivity index (χ4n) is 8.57. The number of hydrogen-bond donors (Lipinski definition) is 0. The third-order valence-corrected chi connectivity index (χ3v) is 13.1. The molecule has 414 valence electrons. The van der Waals surface area contributed by atoms with Gasteiger partial charge in [-0.25, -0.2) is 0 Å². The summed E-state index contributed by atoms with van der Waals surface area (Å²) < 4.78 is 17.5. The van der Waals surface area contributed by atoms with Gasteiger partial charge in [0.05, 0.1) is 6.61 Å². The molecule has 0 saturated carbocycles. The molecule has 0 saturated heterocycles. The van der Waals surface area contributed by atoms with E-state index in [0.29, 0.717) is 19.4 Å². The van der Waals surface area contributed by atoms with Crippen molar-refractivity contribution in [2.24, 2.45) is 0 Å². The van der Waals surface area contributed by atoms with Crippen LogP contribution in [0.25, 0.3) is 0 Å². The standard InChI is InChI=1S/C67H116O5/c1-4-7-10-13-16-19-22-25-28-31-33-35-38-41-44-47-50-53-56-59-62-70-63-65(72-67(69)61-58-55-52-49-46-43-40-36-30-27-24-21-18-15-12-9-6-3)64-71-66(68)60-57-54-51-48-45-42-39-37-34-32-29-26-23-20-17-14-11-8-5-2/h7,9-10,12,16,18-19,21,25-30,33,35,65H,4-6,8,11,13-15,17,20,22-24,31-32,34,36-64H2,1-3H3/b10-7-,12-9-,19-16-,21-18-,28-25-,29-26-,30-27-,35-33-. The molecule has 72 heavy (non-hydrogen) atoms. The van der Waals surface area contributed by atoms with Gasteiger partial charge in [-0.05, 0) is 116 Å². The van der Waals surface area contributed by atoms with E-state index in [0.717, 1.165) is 96.3 Å². The molecule has 1 unspecified atom stereocenters. The molecule has 0 spiro atoms. The van der Waals surface area contributed by atoms with Gasteiger partial charge in [-0.3, -0.25) is 9.59 Å². The minimum atomic E-state index is -0.555. The third-order valence-electron chi connectivity index (χ3n) is 13.1. The van der Waals surface area contributed by atoms with Gasteiger partial charge in [-0.2, -0.15) is 0 Å². The zero-order valence-electron chi connectivity index (χ0n) is 47.7. The lowest BCUT2D eigenvalue weighted by molar-refractivity contribution is -0.163. The summed E-state index contributed by atoms with van der Waals surface area (Å²) in [5.41, 5.74) is 0. The molecule has 0 radical (unpaired) electrons. The van der Waals surface area contributed by atoms with Gasteiger partial charge in [0.15, 0.2) is 6.10 Å². The highest BCUT2D eigenvalue weighted by Crippen LogP contribution is 2.15. The number of allylic oxidation sites excluding steroid dienone is 16. The molecule has 0 aliphatic rings. The molecule has 0 fully saturated rings. The maximum absolute atomic E-state index is 12.9. The quantitative estimate of drug-likeness (QED) is 0.0345. The van der Waals surface area contributed by atoms with Gasteiger partial charge in [0.25, 0.3) is 0 Å².